The van der Waals surface area contributed by atoms with Gasteiger partial charge < -0.3 is 4.74 Å². The van der Waals surface area contributed by atoms with E-state index in [1.54, 1.807) is 6.92 Å². The fraction of sp³-hybridized carbons (Fsp3) is 1.00. The molecule has 0 saturated carbocycles. The summed E-state index contributed by atoms with van der Waals surface area (Å²) < 4.78 is 26.8. The largest absolute Gasteiger partial charge is 0.380 e. The van der Waals surface area contributed by atoms with Crippen molar-refractivity contribution in [3.63, 3.8) is 0 Å². The number of hydrogen-bond donors (Lipinski definition) is 0. The third-order valence-corrected chi connectivity index (χ3v) is 0.609. The zero-order valence-corrected chi connectivity index (χ0v) is 4.73. The third-order valence-electron chi connectivity index (χ3n) is 0.609. The van der Waals surface area contributed by atoms with Gasteiger partial charge in [-0.05, 0) is 6.92 Å². The summed E-state index contributed by atoms with van der Waals surface area (Å²) in [6.07, 6.45) is 0. The molecule has 2 nitrogen and oxygen atoms in total. The Labute approximate surface area is 46.9 Å². The summed E-state index contributed by atoms with van der Waals surface area (Å²) in [5.74, 6) is 0. The monoisotopic (exact) mass is 125 g/mol. The predicted molar refractivity (Wildman–Crippen MR) is 25.4 cm³/mol. The normalized spacial score (nSPS) is 10.5. The van der Waals surface area contributed by atoms with Crippen LogP contribution in [0.5, 0.6) is 0 Å². The van der Waals surface area contributed by atoms with E-state index in [0.717, 1.165) is 0 Å². The molecule has 0 aliphatic rings. The van der Waals surface area contributed by atoms with Crippen molar-refractivity contribution in [2.24, 2.45) is 0 Å². The molecule has 0 aliphatic heterocycles. The van der Waals surface area contributed by atoms with Crippen LogP contribution in [-0.2, 0) is 4.74 Å². The van der Waals surface area contributed by atoms with Gasteiger partial charge in [0.05, 0.1) is 13.2 Å². The fourth-order valence-corrected chi connectivity index (χ4v) is 0.278. The van der Waals surface area contributed by atoms with Crippen molar-refractivity contribution < 1.29 is 13.7 Å². The number of hydrogen-bond acceptors (Lipinski definition) is 2. The number of ether oxygens (including phenoxy) is 1. The van der Waals surface area contributed by atoms with Crippen molar-refractivity contribution >= 4 is 0 Å². The molecule has 0 aromatic rings. The Kier molecular flexibility index (Phi) is 4.79. The maximum atomic E-state index is 11.1. The van der Waals surface area contributed by atoms with Crippen LogP contribution in [0.15, 0.2) is 0 Å². The zero-order chi connectivity index (χ0) is 6.41. The highest BCUT2D eigenvalue weighted by Crippen LogP contribution is 1.86. The average Bonchev–Trinajstić information content (AvgIpc) is 1.66. The van der Waals surface area contributed by atoms with Crippen molar-refractivity contribution in [3.05, 3.63) is 0 Å². The Morgan fingerprint density at radius 2 is 2.12 bits per heavy atom. The molecule has 0 N–H and O–H groups in total. The topological polar surface area (TPSA) is 12.5 Å². The zero-order valence-electron chi connectivity index (χ0n) is 4.73. The Bertz CT molecular complexity index is 51.3. The van der Waals surface area contributed by atoms with Gasteiger partial charge in [0.2, 0.25) is 0 Å². The van der Waals surface area contributed by atoms with Gasteiger partial charge in [-0.25, -0.2) is 0 Å². The maximum Gasteiger partial charge on any atom is 0.0854 e. The SMILES string of the molecule is CCOCCN(F)F. The summed E-state index contributed by atoms with van der Waals surface area (Å²) in [6, 6.07) is 0. The molecule has 8 heavy (non-hydrogen) atoms. The van der Waals surface area contributed by atoms with Crippen LogP contribution in [0.25, 0.3) is 0 Å². The first-order chi connectivity index (χ1) is 3.77. The van der Waals surface area contributed by atoms with Crippen LogP contribution in [0.2, 0.25) is 0 Å². The minimum Gasteiger partial charge on any atom is -0.380 e. The molecule has 4 heteroatoms. The second-order valence-corrected chi connectivity index (χ2v) is 1.22. The Morgan fingerprint density at radius 1 is 1.50 bits per heavy atom. The molecule has 0 spiro atoms. The summed E-state index contributed by atoms with van der Waals surface area (Å²) in [5.41, 5.74) is 0. The molecule has 0 aromatic heterocycles. The van der Waals surface area contributed by atoms with Crippen LogP contribution in [0.4, 0.5) is 8.96 Å². The molecule has 0 amide bonds. The van der Waals surface area contributed by atoms with Crippen molar-refractivity contribution in [2.45, 2.75) is 6.92 Å². The van der Waals surface area contributed by atoms with Crippen molar-refractivity contribution in [3.8, 4) is 0 Å². The number of rotatable bonds is 4. The molecule has 0 bridgehead atoms. The van der Waals surface area contributed by atoms with Crippen LogP contribution in [0.3, 0.4) is 0 Å². The minimum atomic E-state index is -0.893. The molecule has 0 aliphatic carbocycles. The van der Waals surface area contributed by atoms with Gasteiger partial charge >= 0.3 is 0 Å². The summed E-state index contributed by atoms with van der Waals surface area (Å²) in [5, 5.41) is -0.893. The van der Waals surface area contributed by atoms with Crippen LogP contribution < -0.4 is 0 Å². The molecule has 0 atom stereocenters. The van der Waals surface area contributed by atoms with E-state index in [-0.39, 0.29) is 13.2 Å². The van der Waals surface area contributed by atoms with E-state index in [4.69, 9.17) is 0 Å². The molecule has 0 rings (SSSR count). The van der Waals surface area contributed by atoms with E-state index in [2.05, 4.69) is 4.74 Å². The van der Waals surface area contributed by atoms with Gasteiger partial charge in [-0.2, -0.15) is 0 Å². The van der Waals surface area contributed by atoms with Crippen molar-refractivity contribution in [1.82, 2.24) is 5.34 Å². The Hall–Kier alpha value is -0.220. The van der Waals surface area contributed by atoms with Crippen LogP contribution in [0, 0.1) is 0 Å². The minimum absolute atomic E-state index is 0.101. The Morgan fingerprint density at radius 3 is 2.50 bits per heavy atom. The van der Waals surface area contributed by atoms with Gasteiger partial charge in [0, 0.05) is 12.0 Å². The summed E-state index contributed by atoms with van der Waals surface area (Å²) >= 11 is 0. The van der Waals surface area contributed by atoms with E-state index >= 15 is 0 Å². The summed E-state index contributed by atoms with van der Waals surface area (Å²) in [6.45, 7) is 2.05. The molecular formula is C4H9F2NO. The molecule has 0 radical (unpaired) electrons. The van der Waals surface area contributed by atoms with Crippen LogP contribution >= 0.6 is 0 Å². The smallest absolute Gasteiger partial charge is 0.0854 e. The van der Waals surface area contributed by atoms with Gasteiger partial charge in [-0.3, -0.25) is 0 Å². The van der Waals surface area contributed by atoms with E-state index < -0.39 is 5.34 Å². The second-order valence-electron chi connectivity index (χ2n) is 1.22. The molecule has 0 aromatic carbocycles. The first-order valence-corrected chi connectivity index (χ1v) is 2.44. The van der Waals surface area contributed by atoms with Gasteiger partial charge in [-0.1, -0.05) is 0 Å². The third kappa shape index (κ3) is 5.78. The first kappa shape index (κ1) is 7.78. The predicted octanol–water partition coefficient (Wildman–Crippen LogP) is 1.09. The second kappa shape index (κ2) is 4.93. The van der Waals surface area contributed by atoms with E-state index in [0.29, 0.717) is 6.61 Å². The van der Waals surface area contributed by atoms with Crippen LogP contribution in [0.1, 0.15) is 6.92 Å². The average molecular weight is 125 g/mol. The summed E-state index contributed by atoms with van der Waals surface area (Å²) in [7, 11) is 0. The maximum absolute atomic E-state index is 11.1. The van der Waals surface area contributed by atoms with E-state index in [1.165, 1.54) is 0 Å². The lowest BCUT2D eigenvalue weighted by molar-refractivity contribution is -0.161. The Balaban J connectivity index is 2.72. The number of halogens is 2. The summed E-state index contributed by atoms with van der Waals surface area (Å²) in [4.78, 5) is 0. The first-order valence-electron chi connectivity index (χ1n) is 2.44. The van der Waals surface area contributed by atoms with E-state index in [9.17, 15) is 8.96 Å². The standard InChI is InChI=1S/C4H9F2NO/c1-2-8-4-3-7(5)6/h2-4H2,1H3. The highest BCUT2D eigenvalue weighted by Gasteiger charge is 1.95. The molecule has 50 valence electrons. The highest BCUT2D eigenvalue weighted by molar-refractivity contribution is 4.27. The molecular weight excluding hydrogens is 116 g/mol. The molecule has 0 unspecified atom stereocenters. The van der Waals surface area contributed by atoms with Crippen molar-refractivity contribution in [2.75, 3.05) is 19.8 Å². The van der Waals surface area contributed by atoms with E-state index in [1.807, 2.05) is 0 Å². The van der Waals surface area contributed by atoms with Crippen molar-refractivity contribution in [1.29, 1.82) is 0 Å². The lowest BCUT2D eigenvalue weighted by atomic mass is 10.7. The van der Waals surface area contributed by atoms with Gasteiger partial charge in [-0.15, -0.1) is 8.96 Å². The molecule has 0 heterocycles. The van der Waals surface area contributed by atoms with Gasteiger partial charge in [0.1, 0.15) is 0 Å². The lowest BCUT2D eigenvalue weighted by Crippen LogP contribution is -2.09. The lowest BCUT2D eigenvalue weighted by Gasteiger charge is -1.98. The highest BCUT2D eigenvalue weighted by atomic mass is 19.4. The van der Waals surface area contributed by atoms with Gasteiger partial charge in [0.15, 0.2) is 0 Å². The quantitative estimate of drug-likeness (QED) is 0.412. The number of nitrogens with zero attached hydrogens (tertiary/aromatic N) is 1. The molecule has 0 fully saturated rings. The molecule has 0 saturated heterocycles. The van der Waals surface area contributed by atoms with Gasteiger partial charge in [0.25, 0.3) is 0 Å². The fourth-order valence-electron chi connectivity index (χ4n) is 0.278. The van der Waals surface area contributed by atoms with Crippen LogP contribution in [-0.4, -0.2) is 25.1 Å².